The lowest BCUT2D eigenvalue weighted by Crippen LogP contribution is -2.33. The van der Waals surface area contributed by atoms with Gasteiger partial charge in [-0.3, -0.25) is 0 Å². The van der Waals surface area contributed by atoms with Crippen molar-refractivity contribution in [3.63, 3.8) is 0 Å². The summed E-state index contributed by atoms with van der Waals surface area (Å²) in [6.07, 6.45) is -3.62. The Balaban J connectivity index is 4.66. The van der Waals surface area contributed by atoms with Crippen molar-refractivity contribution in [1.29, 1.82) is 0 Å². The summed E-state index contributed by atoms with van der Waals surface area (Å²) in [5.41, 5.74) is 0. The van der Waals surface area contributed by atoms with Gasteiger partial charge in [0.2, 0.25) is 0 Å². The maximum Gasteiger partial charge on any atom is 0.393 e. The van der Waals surface area contributed by atoms with Gasteiger partial charge >= 0.3 is 6.18 Å². The third kappa shape index (κ3) is 5.13. The van der Waals surface area contributed by atoms with Gasteiger partial charge in [-0.05, 0) is 5.92 Å². The lowest BCUT2D eigenvalue weighted by atomic mass is 9.98. The summed E-state index contributed by atoms with van der Waals surface area (Å²) < 4.78 is 58.1. The molecule has 0 N–H and O–H groups in total. The van der Waals surface area contributed by atoms with E-state index in [0.717, 1.165) is 6.26 Å². The summed E-state index contributed by atoms with van der Waals surface area (Å²) in [5.74, 6) is -3.30. The number of rotatable bonds is 3. The van der Waals surface area contributed by atoms with E-state index in [-0.39, 0.29) is 0 Å². The van der Waals surface area contributed by atoms with Crippen molar-refractivity contribution in [2.45, 2.75) is 20.0 Å². The monoisotopic (exact) mass is 218 g/mol. The molecule has 0 amide bonds. The van der Waals surface area contributed by atoms with Crippen LogP contribution in [0, 0.1) is 11.8 Å². The van der Waals surface area contributed by atoms with Gasteiger partial charge in [-0.15, -0.1) is 0 Å². The average molecular weight is 218 g/mol. The second kappa shape index (κ2) is 3.86. The van der Waals surface area contributed by atoms with E-state index in [4.69, 9.17) is 0 Å². The summed E-state index contributed by atoms with van der Waals surface area (Å²) in [6.45, 7) is 2.73. The van der Waals surface area contributed by atoms with Crippen LogP contribution in [0.3, 0.4) is 0 Å². The van der Waals surface area contributed by atoms with Crippen molar-refractivity contribution in [3.05, 3.63) is 0 Å². The van der Waals surface area contributed by atoms with E-state index in [1.807, 2.05) is 0 Å². The van der Waals surface area contributed by atoms with Crippen molar-refractivity contribution in [2.24, 2.45) is 11.8 Å². The minimum Gasteiger partial charge on any atom is -0.229 e. The molecule has 0 saturated heterocycles. The Morgan fingerprint density at radius 2 is 1.62 bits per heavy atom. The largest absolute Gasteiger partial charge is 0.393 e. The number of hydrogen-bond acceptors (Lipinski definition) is 2. The van der Waals surface area contributed by atoms with Crippen LogP contribution < -0.4 is 0 Å². The fourth-order valence-electron chi connectivity index (χ4n) is 0.991. The summed E-state index contributed by atoms with van der Waals surface area (Å²) >= 11 is 0. The number of halogens is 3. The fraction of sp³-hybridized carbons (Fsp3) is 1.00. The number of hydrogen-bond donors (Lipinski definition) is 0. The normalized spacial score (nSPS) is 16.2. The van der Waals surface area contributed by atoms with E-state index in [0.29, 0.717) is 0 Å². The van der Waals surface area contributed by atoms with Crippen molar-refractivity contribution in [2.75, 3.05) is 12.0 Å². The first-order valence-corrected chi connectivity index (χ1v) is 5.84. The van der Waals surface area contributed by atoms with Gasteiger partial charge in [-0.1, -0.05) is 13.8 Å². The van der Waals surface area contributed by atoms with Crippen LogP contribution in [0.15, 0.2) is 0 Å². The zero-order valence-electron chi connectivity index (χ0n) is 7.72. The van der Waals surface area contributed by atoms with Gasteiger partial charge in [0.25, 0.3) is 0 Å². The van der Waals surface area contributed by atoms with Gasteiger partial charge < -0.3 is 0 Å². The van der Waals surface area contributed by atoms with E-state index in [9.17, 15) is 21.6 Å². The van der Waals surface area contributed by atoms with Crippen LogP contribution in [0.4, 0.5) is 13.2 Å². The molecule has 80 valence electrons. The summed E-state index contributed by atoms with van der Waals surface area (Å²) in [7, 11) is -3.57. The van der Waals surface area contributed by atoms with Crippen LogP contribution in [0.1, 0.15) is 13.8 Å². The zero-order valence-corrected chi connectivity index (χ0v) is 8.54. The Hall–Kier alpha value is -0.260. The molecule has 0 saturated carbocycles. The standard InChI is InChI=1S/C7H13F3O2S/c1-5(2)6(7(8,9)10)4-13(3,11)12/h5-6H,4H2,1-3H3. The van der Waals surface area contributed by atoms with E-state index in [1.54, 1.807) is 0 Å². The van der Waals surface area contributed by atoms with Crippen LogP contribution in [0.25, 0.3) is 0 Å². The molecule has 2 nitrogen and oxygen atoms in total. The lowest BCUT2D eigenvalue weighted by molar-refractivity contribution is -0.178. The highest BCUT2D eigenvalue weighted by atomic mass is 32.2. The van der Waals surface area contributed by atoms with Gasteiger partial charge in [0, 0.05) is 6.26 Å². The molecule has 0 radical (unpaired) electrons. The Bertz CT molecular complexity index is 253. The molecule has 6 heteroatoms. The van der Waals surface area contributed by atoms with Crippen molar-refractivity contribution in [1.82, 2.24) is 0 Å². The third-order valence-corrected chi connectivity index (χ3v) is 2.67. The molecule has 0 fully saturated rings. The van der Waals surface area contributed by atoms with Gasteiger partial charge in [0.05, 0.1) is 11.7 Å². The minimum atomic E-state index is -4.43. The molecule has 0 aliphatic carbocycles. The van der Waals surface area contributed by atoms with E-state index < -0.39 is 33.6 Å². The first-order chi connectivity index (χ1) is 5.54. The van der Waals surface area contributed by atoms with Gasteiger partial charge in [-0.25, -0.2) is 8.42 Å². The fourth-order valence-corrected chi connectivity index (χ4v) is 2.22. The first-order valence-electron chi connectivity index (χ1n) is 3.78. The smallest absolute Gasteiger partial charge is 0.229 e. The Labute approximate surface area is 76.1 Å². The Morgan fingerprint density at radius 1 is 1.23 bits per heavy atom. The van der Waals surface area contributed by atoms with Crippen molar-refractivity contribution < 1.29 is 21.6 Å². The molecule has 0 aliphatic heterocycles. The Kier molecular flexibility index (Phi) is 3.78. The maximum absolute atomic E-state index is 12.2. The summed E-state index contributed by atoms with van der Waals surface area (Å²) in [6, 6.07) is 0. The van der Waals surface area contributed by atoms with Crippen molar-refractivity contribution in [3.8, 4) is 0 Å². The summed E-state index contributed by atoms with van der Waals surface area (Å²) in [4.78, 5) is 0. The highest BCUT2D eigenvalue weighted by molar-refractivity contribution is 7.90. The van der Waals surface area contributed by atoms with E-state index in [1.165, 1.54) is 13.8 Å². The summed E-state index contributed by atoms with van der Waals surface area (Å²) in [5, 5.41) is 0. The van der Waals surface area contributed by atoms with Crippen LogP contribution in [0.2, 0.25) is 0 Å². The predicted octanol–water partition coefficient (Wildman–Crippen LogP) is 1.87. The van der Waals surface area contributed by atoms with Gasteiger partial charge in [0.1, 0.15) is 9.84 Å². The molecule has 13 heavy (non-hydrogen) atoms. The van der Waals surface area contributed by atoms with Gasteiger partial charge in [0.15, 0.2) is 0 Å². The molecule has 1 unspecified atom stereocenters. The van der Waals surface area contributed by atoms with Crippen molar-refractivity contribution >= 4 is 9.84 Å². The molecular formula is C7H13F3O2S. The van der Waals surface area contributed by atoms with Crippen LogP contribution in [-0.4, -0.2) is 26.6 Å². The molecule has 0 aromatic rings. The van der Waals surface area contributed by atoms with E-state index in [2.05, 4.69) is 0 Å². The number of alkyl halides is 3. The highest BCUT2D eigenvalue weighted by Gasteiger charge is 2.43. The van der Waals surface area contributed by atoms with E-state index >= 15 is 0 Å². The molecule has 0 rings (SSSR count). The molecule has 0 aromatic carbocycles. The quantitative estimate of drug-likeness (QED) is 0.724. The Morgan fingerprint density at radius 3 is 1.69 bits per heavy atom. The molecular weight excluding hydrogens is 205 g/mol. The van der Waals surface area contributed by atoms with Gasteiger partial charge in [-0.2, -0.15) is 13.2 Å². The highest BCUT2D eigenvalue weighted by Crippen LogP contribution is 2.32. The topological polar surface area (TPSA) is 34.1 Å². The molecule has 0 heterocycles. The van der Waals surface area contributed by atoms with Crippen LogP contribution in [-0.2, 0) is 9.84 Å². The molecule has 1 atom stereocenters. The second-order valence-corrected chi connectivity index (χ2v) is 5.67. The number of sulfone groups is 1. The first kappa shape index (κ1) is 12.7. The predicted molar refractivity (Wildman–Crippen MR) is 44.1 cm³/mol. The molecule has 0 aromatic heterocycles. The van der Waals surface area contributed by atoms with Crippen LogP contribution >= 0.6 is 0 Å². The lowest BCUT2D eigenvalue weighted by Gasteiger charge is -2.22. The molecule has 0 aliphatic rings. The van der Waals surface area contributed by atoms with Crippen LogP contribution in [0.5, 0.6) is 0 Å². The zero-order chi connectivity index (χ0) is 10.9. The third-order valence-electron chi connectivity index (χ3n) is 1.71. The minimum absolute atomic E-state index is 0.713. The average Bonchev–Trinajstić information content (AvgIpc) is 1.77. The maximum atomic E-state index is 12.2. The SMILES string of the molecule is CC(C)C(CS(C)(=O)=O)C(F)(F)F. The second-order valence-electron chi connectivity index (χ2n) is 3.48. The molecule has 0 bridgehead atoms. The molecule has 0 spiro atoms.